The highest BCUT2D eigenvalue weighted by molar-refractivity contribution is 5.83. The summed E-state index contributed by atoms with van der Waals surface area (Å²) in [5, 5.41) is 32.5. The standard InChI is InChI=1S/C12H20N2.C4H6O6/c1-9-7-12(14(3)4)6-5-11(9)8-10(2)13;5-1(3(7)8)2(6)4(9)10/h5-7,10H,8,13H2,1-4H3;1-2,5-6H,(H,7,8)(H,9,10)/t10-;1-,2-/m01/s1. The summed E-state index contributed by atoms with van der Waals surface area (Å²) < 4.78 is 0. The molecule has 8 heteroatoms. The summed E-state index contributed by atoms with van der Waals surface area (Å²) in [5.41, 5.74) is 9.71. The summed E-state index contributed by atoms with van der Waals surface area (Å²) in [7, 11) is 4.11. The summed E-state index contributed by atoms with van der Waals surface area (Å²) in [6, 6.07) is 6.76. The Morgan fingerprint density at radius 1 is 1.12 bits per heavy atom. The molecule has 1 aromatic rings. The zero-order valence-corrected chi connectivity index (χ0v) is 14.3. The van der Waals surface area contributed by atoms with Gasteiger partial charge in [-0.05, 0) is 43.5 Å². The molecule has 0 aromatic heterocycles. The summed E-state index contributed by atoms with van der Waals surface area (Å²) in [6.07, 6.45) is -3.57. The molecule has 3 atom stereocenters. The summed E-state index contributed by atoms with van der Waals surface area (Å²) in [4.78, 5) is 21.7. The van der Waals surface area contributed by atoms with Crippen molar-refractivity contribution >= 4 is 17.6 Å². The number of aliphatic carboxylic acids is 2. The maximum absolute atomic E-state index is 9.77. The van der Waals surface area contributed by atoms with E-state index in [1.807, 2.05) is 6.92 Å². The Hall–Kier alpha value is -2.16. The molecule has 0 aliphatic carbocycles. The van der Waals surface area contributed by atoms with Gasteiger partial charge in [0.15, 0.2) is 12.2 Å². The average Bonchev–Trinajstić information content (AvgIpc) is 2.47. The topological polar surface area (TPSA) is 144 Å². The second-order valence-corrected chi connectivity index (χ2v) is 5.75. The molecule has 136 valence electrons. The van der Waals surface area contributed by atoms with E-state index in [0.717, 1.165) is 6.42 Å². The molecule has 0 saturated heterocycles. The number of nitrogens with two attached hydrogens (primary N) is 1. The van der Waals surface area contributed by atoms with Crippen molar-refractivity contribution in [3.05, 3.63) is 29.3 Å². The van der Waals surface area contributed by atoms with Gasteiger partial charge in [0.25, 0.3) is 0 Å². The number of anilines is 1. The van der Waals surface area contributed by atoms with E-state index in [9.17, 15) is 9.59 Å². The Kier molecular flexibility index (Phi) is 8.97. The number of carboxylic acids is 2. The van der Waals surface area contributed by atoms with Crippen LogP contribution in [-0.2, 0) is 16.0 Å². The lowest BCUT2D eigenvalue weighted by molar-refractivity contribution is -0.165. The average molecular weight is 342 g/mol. The number of benzene rings is 1. The van der Waals surface area contributed by atoms with Crippen LogP contribution in [0.1, 0.15) is 18.1 Å². The van der Waals surface area contributed by atoms with Gasteiger partial charge in [-0.15, -0.1) is 0 Å². The maximum atomic E-state index is 9.77. The number of aryl methyl sites for hydroxylation is 1. The molecule has 0 radical (unpaired) electrons. The van der Waals surface area contributed by atoms with E-state index < -0.39 is 24.1 Å². The second kappa shape index (κ2) is 9.86. The number of hydrogen-bond acceptors (Lipinski definition) is 6. The highest BCUT2D eigenvalue weighted by Crippen LogP contribution is 2.18. The Labute approximate surface area is 141 Å². The van der Waals surface area contributed by atoms with E-state index in [1.54, 1.807) is 0 Å². The first kappa shape index (κ1) is 21.8. The van der Waals surface area contributed by atoms with Crippen LogP contribution in [0.2, 0.25) is 0 Å². The fourth-order valence-electron chi connectivity index (χ4n) is 1.80. The van der Waals surface area contributed by atoms with Crippen LogP contribution in [0.25, 0.3) is 0 Å². The molecule has 0 amide bonds. The number of aliphatic hydroxyl groups is 2. The van der Waals surface area contributed by atoms with E-state index >= 15 is 0 Å². The minimum absolute atomic E-state index is 0.235. The van der Waals surface area contributed by atoms with Gasteiger partial charge in [0.05, 0.1) is 0 Å². The molecule has 0 bridgehead atoms. The van der Waals surface area contributed by atoms with Crippen molar-refractivity contribution in [2.24, 2.45) is 5.73 Å². The maximum Gasteiger partial charge on any atom is 0.335 e. The van der Waals surface area contributed by atoms with Crippen LogP contribution in [0.5, 0.6) is 0 Å². The molecular formula is C16H26N2O6. The SMILES string of the molecule is Cc1cc(N(C)C)ccc1C[C@H](C)N.O=C(O)[C@H](O)[C@@H](O)C(=O)O. The zero-order valence-electron chi connectivity index (χ0n) is 14.3. The van der Waals surface area contributed by atoms with Gasteiger partial charge < -0.3 is 31.1 Å². The molecule has 0 unspecified atom stereocenters. The van der Waals surface area contributed by atoms with Crippen LogP contribution in [0.4, 0.5) is 5.69 Å². The molecule has 1 aromatic carbocycles. The molecule has 0 spiro atoms. The first-order valence-electron chi connectivity index (χ1n) is 7.31. The molecule has 0 aliphatic rings. The van der Waals surface area contributed by atoms with Crippen molar-refractivity contribution in [1.29, 1.82) is 0 Å². The minimum atomic E-state index is -2.27. The Balaban J connectivity index is 0.000000470. The third-order valence-electron chi connectivity index (χ3n) is 3.19. The van der Waals surface area contributed by atoms with Crippen molar-refractivity contribution in [2.75, 3.05) is 19.0 Å². The lowest BCUT2D eigenvalue weighted by Gasteiger charge is -2.15. The van der Waals surface area contributed by atoms with E-state index in [1.165, 1.54) is 16.8 Å². The predicted molar refractivity (Wildman–Crippen MR) is 90.1 cm³/mol. The molecule has 0 aliphatic heterocycles. The monoisotopic (exact) mass is 342 g/mol. The number of aliphatic hydroxyl groups excluding tert-OH is 2. The molecule has 24 heavy (non-hydrogen) atoms. The molecule has 6 N–H and O–H groups in total. The van der Waals surface area contributed by atoms with Crippen LogP contribution in [-0.4, -0.2) is 64.7 Å². The largest absolute Gasteiger partial charge is 0.479 e. The van der Waals surface area contributed by atoms with Crippen molar-refractivity contribution in [3.8, 4) is 0 Å². The van der Waals surface area contributed by atoms with Gasteiger partial charge in [0.2, 0.25) is 0 Å². The quantitative estimate of drug-likeness (QED) is 0.479. The van der Waals surface area contributed by atoms with Gasteiger partial charge in [-0.25, -0.2) is 9.59 Å². The Bertz CT molecular complexity index is 541. The number of nitrogens with zero attached hydrogens (tertiary/aromatic N) is 1. The van der Waals surface area contributed by atoms with Crippen LogP contribution in [0, 0.1) is 6.92 Å². The highest BCUT2D eigenvalue weighted by atomic mass is 16.4. The van der Waals surface area contributed by atoms with Crippen molar-refractivity contribution in [2.45, 2.75) is 38.5 Å². The number of hydrogen-bond donors (Lipinski definition) is 5. The smallest absolute Gasteiger partial charge is 0.335 e. The van der Waals surface area contributed by atoms with Gasteiger partial charge >= 0.3 is 11.9 Å². The summed E-state index contributed by atoms with van der Waals surface area (Å²) >= 11 is 0. The van der Waals surface area contributed by atoms with Gasteiger partial charge in [-0.1, -0.05) is 6.07 Å². The highest BCUT2D eigenvalue weighted by Gasteiger charge is 2.29. The van der Waals surface area contributed by atoms with Gasteiger partial charge in [0, 0.05) is 25.8 Å². The van der Waals surface area contributed by atoms with E-state index in [4.69, 9.17) is 26.2 Å². The molecule has 0 heterocycles. The van der Waals surface area contributed by atoms with Gasteiger partial charge in [0.1, 0.15) is 0 Å². The van der Waals surface area contributed by atoms with Crippen LogP contribution >= 0.6 is 0 Å². The number of carbonyl (C=O) groups is 2. The normalized spacial score (nSPS) is 14.0. The molecule has 1 rings (SSSR count). The van der Waals surface area contributed by atoms with E-state index in [0.29, 0.717) is 0 Å². The van der Waals surface area contributed by atoms with Crippen LogP contribution < -0.4 is 10.6 Å². The van der Waals surface area contributed by atoms with Crippen molar-refractivity contribution < 1.29 is 30.0 Å². The second-order valence-electron chi connectivity index (χ2n) is 5.75. The fourth-order valence-corrected chi connectivity index (χ4v) is 1.80. The first-order valence-corrected chi connectivity index (χ1v) is 7.31. The fraction of sp³-hybridized carbons (Fsp3) is 0.500. The summed E-state index contributed by atoms with van der Waals surface area (Å²) in [5.74, 6) is -3.54. The van der Waals surface area contributed by atoms with Crippen molar-refractivity contribution in [1.82, 2.24) is 0 Å². The molecule has 8 nitrogen and oxygen atoms in total. The predicted octanol–water partition coefficient (Wildman–Crippen LogP) is -0.172. The molecule has 0 fully saturated rings. The number of carboxylic acid groups (broad SMARTS) is 2. The van der Waals surface area contributed by atoms with Crippen LogP contribution in [0.3, 0.4) is 0 Å². The first-order chi connectivity index (χ1) is 11.0. The van der Waals surface area contributed by atoms with Crippen molar-refractivity contribution in [3.63, 3.8) is 0 Å². The lowest BCUT2D eigenvalue weighted by Crippen LogP contribution is -2.39. The van der Waals surface area contributed by atoms with Gasteiger partial charge in [-0.2, -0.15) is 0 Å². The third-order valence-corrected chi connectivity index (χ3v) is 3.19. The van der Waals surface area contributed by atoms with Gasteiger partial charge in [-0.3, -0.25) is 0 Å². The summed E-state index contributed by atoms with van der Waals surface area (Å²) in [6.45, 7) is 4.18. The van der Waals surface area contributed by atoms with Crippen LogP contribution in [0.15, 0.2) is 18.2 Å². The zero-order chi connectivity index (χ0) is 19.0. The molecular weight excluding hydrogens is 316 g/mol. The van der Waals surface area contributed by atoms with E-state index in [2.05, 4.69) is 44.1 Å². The number of rotatable bonds is 6. The minimum Gasteiger partial charge on any atom is -0.479 e. The lowest BCUT2D eigenvalue weighted by atomic mass is 10.0. The van der Waals surface area contributed by atoms with E-state index in [-0.39, 0.29) is 6.04 Å². The third kappa shape index (κ3) is 7.40. The molecule has 0 saturated carbocycles. The Morgan fingerprint density at radius 2 is 1.58 bits per heavy atom. The Morgan fingerprint density at radius 3 is 1.88 bits per heavy atom.